The highest BCUT2D eigenvalue weighted by Crippen LogP contribution is 2.33. The van der Waals surface area contributed by atoms with E-state index in [4.69, 9.17) is 9.47 Å². The van der Waals surface area contributed by atoms with Crippen molar-refractivity contribution in [2.45, 2.75) is 45.3 Å². The number of morpholine rings is 1. The molecule has 1 saturated carbocycles. The number of urea groups is 1. The summed E-state index contributed by atoms with van der Waals surface area (Å²) in [6.45, 7) is 3.71. The molecule has 3 aliphatic rings. The van der Waals surface area contributed by atoms with Gasteiger partial charge >= 0.3 is 6.03 Å². The number of aldehydes is 1. The van der Waals surface area contributed by atoms with Crippen LogP contribution in [0.2, 0.25) is 0 Å². The lowest BCUT2D eigenvalue weighted by Gasteiger charge is -2.34. The van der Waals surface area contributed by atoms with Crippen LogP contribution in [0.15, 0.2) is 18.3 Å². The first-order valence-electron chi connectivity index (χ1n) is 12.5. The van der Waals surface area contributed by atoms with Gasteiger partial charge in [-0.05, 0) is 43.2 Å². The molecular weight excluding hydrogens is 476 g/mol. The molecule has 192 valence electrons. The molecule has 0 aromatic carbocycles. The number of anilines is 2. The highest BCUT2D eigenvalue weighted by molar-refractivity contribution is 6.01. The number of hydrogen-bond donors (Lipinski definition) is 1. The van der Waals surface area contributed by atoms with Gasteiger partial charge in [-0.1, -0.05) is 6.92 Å². The first-order chi connectivity index (χ1) is 18.0. The van der Waals surface area contributed by atoms with E-state index in [9.17, 15) is 19.6 Å². The number of hydrogen-bond acceptors (Lipinski definition) is 8. The van der Waals surface area contributed by atoms with Gasteiger partial charge in [0, 0.05) is 31.3 Å². The lowest BCUT2D eigenvalue weighted by atomic mass is 9.83. The summed E-state index contributed by atoms with van der Waals surface area (Å²) in [4.78, 5) is 49.2. The van der Waals surface area contributed by atoms with E-state index in [1.54, 1.807) is 11.0 Å². The van der Waals surface area contributed by atoms with Crippen molar-refractivity contribution in [3.05, 3.63) is 40.7 Å². The largest absolute Gasteiger partial charge is 0.489 e. The zero-order chi connectivity index (χ0) is 25.9. The molecule has 2 fully saturated rings. The quantitative estimate of drug-likeness (QED) is 0.593. The van der Waals surface area contributed by atoms with Gasteiger partial charge in [-0.3, -0.25) is 19.8 Å². The SMILES string of the molecule is C[C@H]1CC[C@@H]1Oc1cc(NC(=O)N2CCCc3cc(CN4CCOCC4=O)c(C=O)nc32)ncc1C#N. The maximum absolute atomic E-state index is 13.3. The summed E-state index contributed by atoms with van der Waals surface area (Å²) in [6.07, 6.45) is 5.50. The molecule has 0 spiro atoms. The predicted octanol–water partition coefficient (Wildman–Crippen LogP) is 2.68. The lowest BCUT2D eigenvalue weighted by Crippen LogP contribution is -2.42. The van der Waals surface area contributed by atoms with Crippen LogP contribution >= 0.6 is 0 Å². The Morgan fingerprint density at radius 3 is 2.92 bits per heavy atom. The van der Waals surface area contributed by atoms with Crippen LogP contribution in [-0.4, -0.2) is 65.5 Å². The molecule has 2 aliphatic heterocycles. The number of carbonyl (C=O) groups is 3. The van der Waals surface area contributed by atoms with Gasteiger partial charge in [-0.2, -0.15) is 5.26 Å². The number of nitrogens with zero attached hydrogens (tertiary/aromatic N) is 5. The van der Waals surface area contributed by atoms with E-state index in [0.717, 1.165) is 18.4 Å². The number of aromatic nitrogens is 2. The van der Waals surface area contributed by atoms with Crippen molar-refractivity contribution in [2.75, 3.05) is 36.5 Å². The van der Waals surface area contributed by atoms with Crippen molar-refractivity contribution in [1.29, 1.82) is 5.26 Å². The molecule has 37 heavy (non-hydrogen) atoms. The van der Waals surface area contributed by atoms with Gasteiger partial charge in [-0.15, -0.1) is 0 Å². The topological polar surface area (TPSA) is 138 Å². The number of amides is 3. The van der Waals surface area contributed by atoms with E-state index in [-0.39, 0.29) is 36.7 Å². The third-order valence-electron chi connectivity index (χ3n) is 7.12. The first-order valence-corrected chi connectivity index (χ1v) is 12.5. The van der Waals surface area contributed by atoms with E-state index in [1.807, 2.05) is 6.07 Å². The van der Waals surface area contributed by atoms with Crippen molar-refractivity contribution in [2.24, 2.45) is 5.92 Å². The minimum atomic E-state index is -0.443. The van der Waals surface area contributed by atoms with Crippen molar-refractivity contribution in [1.82, 2.24) is 14.9 Å². The highest BCUT2D eigenvalue weighted by Gasteiger charge is 2.30. The molecule has 1 N–H and O–H groups in total. The van der Waals surface area contributed by atoms with Crippen LogP contribution in [0.4, 0.5) is 16.4 Å². The molecule has 0 unspecified atom stereocenters. The Bertz CT molecular complexity index is 1270. The maximum Gasteiger partial charge on any atom is 0.328 e. The van der Waals surface area contributed by atoms with Gasteiger partial charge in [0.1, 0.15) is 47.4 Å². The summed E-state index contributed by atoms with van der Waals surface area (Å²) in [6, 6.07) is 5.07. The van der Waals surface area contributed by atoms with Gasteiger partial charge in [-0.25, -0.2) is 14.8 Å². The highest BCUT2D eigenvalue weighted by atomic mass is 16.5. The maximum atomic E-state index is 13.3. The monoisotopic (exact) mass is 504 g/mol. The summed E-state index contributed by atoms with van der Waals surface area (Å²) in [5, 5.41) is 12.2. The molecule has 3 amide bonds. The van der Waals surface area contributed by atoms with Gasteiger partial charge < -0.3 is 14.4 Å². The average molecular weight is 505 g/mol. The molecule has 0 radical (unpaired) electrons. The Balaban J connectivity index is 1.35. The van der Waals surface area contributed by atoms with Crippen LogP contribution in [0, 0.1) is 17.2 Å². The fraction of sp³-hybridized carbons (Fsp3) is 0.462. The normalized spacial score (nSPS) is 20.9. The molecule has 1 aliphatic carbocycles. The number of aryl methyl sites for hydroxylation is 1. The molecule has 2 atom stereocenters. The van der Waals surface area contributed by atoms with Crippen molar-refractivity contribution < 1.29 is 23.9 Å². The van der Waals surface area contributed by atoms with Gasteiger partial charge in [0.2, 0.25) is 5.91 Å². The van der Waals surface area contributed by atoms with Crippen LogP contribution in [0.3, 0.4) is 0 Å². The van der Waals surface area contributed by atoms with Crippen molar-refractivity contribution in [3.8, 4) is 11.8 Å². The summed E-state index contributed by atoms with van der Waals surface area (Å²) in [5.74, 6) is 1.35. The van der Waals surface area contributed by atoms with Crippen molar-refractivity contribution in [3.63, 3.8) is 0 Å². The molecular formula is C26H28N6O5. The fourth-order valence-corrected chi connectivity index (χ4v) is 4.75. The standard InChI is InChI=1S/C26H28N6O5/c1-16-4-5-21(16)37-22-10-23(28-12-19(22)11-27)30-26(35)32-6-2-3-17-9-18(20(14-33)29-25(17)32)13-31-7-8-36-15-24(31)34/h9-10,12,14,16,21H,2-8,13,15H2,1H3,(H,28,30,35)/t16-,21-/m0/s1. The fourth-order valence-electron chi connectivity index (χ4n) is 4.75. The second-order valence-electron chi connectivity index (χ2n) is 9.57. The minimum Gasteiger partial charge on any atom is -0.489 e. The summed E-state index contributed by atoms with van der Waals surface area (Å²) in [5.41, 5.74) is 1.98. The first kappa shape index (κ1) is 24.6. The molecule has 0 bridgehead atoms. The van der Waals surface area contributed by atoms with E-state index in [1.165, 1.54) is 11.1 Å². The number of carbonyl (C=O) groups excluding carboxylic acids is 3. The Morgan fingerprint density at radius 1 is 1.35 bits per heavy atom. The Hall–Kier alpha value is -4.04. The third-order valence-corrected chi connectivity index (χ3v) is 7.12. The van der Waals surface area contributed by atoms with Crippen LogP contribution in [0.1, 0.15) is 53.4 Å². The Kier molecular flexibility index (Phi) is 7.01. The summed E-state index contributed by atoms with van der Waals surface area (Å²) in [7, 11) is 0. The molecule has 4 heterocycles. The van der Waals surface area contributed by atoms with E-state index < -0.39 is 6.03 Å². The van der Waals surface area contributed by atoms with Gasteiger partial charge in [0.25, 0.3) is 0 Å². The number of ether oxygens (including phenoxy) is 2. The summed E-state index contributed by atoms with van der Waals surface area (Å²) < 4.78 is 11.2. The number of nitriles is 1. The second-order valence-corrected chi connectivity index (χ2v) is 9.57. The smallest absolute Gasteiger partial charge is 0.328 e. The predicted molar refractivity (Wildman–Crippen MR) is 132 cm³/mol. The molecule has 11 nitrogen and oxygen atoms in total. The Labute approximate surface area is 214 Å². The molecule has 11 heteroatoms. The van der Waals surface area contributed by atoms with Crippen molar-refractivity contribution >= 4 is 29.9 Å². The second kappa shape index (κ2) is 10.5. The third kappa shape index (κ3) is 5.11. The number of pyridine rings is 2. The lowest BCUT2D eigenvalue weighted by molar-refractivity contribution is -0.143. The van der Waals surface area contributed by atoms with E-state index in [2.05, 4.69) is 28.3 Å². The van der Waals surface area contributed by atoms with Crippen LogP contribution < -0.4 is 15.0 Å². The van der Waals surface area contributed by atoms with E-state index >= 15 is 0 Å². The summed E-state index contributed by atoms with van der Waals surface area (Å²) >= 11 is 0. The molecule has 1 saturated heterocycles. The Morgan fingerprint density at radius 2 is 2.22 bits per heavy atom. The number of rotatable bonds is 6. The van der Waals surface area contributed by atoms with Gasteiger partial charge in [0.05, 0.1) is 12.8 Å². The molecule has 5 rings (SSSR count). The average Bonchev–Trinajstić information content (AvgIpc) is 2.91. The zero-order valence-corrected chi connectivity index (χ0v) is 20.6. The zero-order valence-electron chi connectivity index (χ0n) is 20.6. The van der Waals surface area contributed by atoms with Crippen LogP contribution in [-0.2, 0) is 22.5 Å². The van der Waals surface area contributed by atoms with Gasteiger partial charge in [0.15, 0.2) is 6.29 Å². The molecule has 2 aromatic heterocycles. The van der Waals surface area contributed by atoms with E-state index in [0.29, 0.717) is 67.4 Å². The molecule has 2 aromatic rings. The van der Waals surface area contributed by atoms with Crippen LogP contribution in [0.25, 0.3) is 0 Å². The number of nitrogens with one attached hydrogen (secondary N) is 1. The minimum absolute atomic E-state index is 0.0263. The number of fused-ring (bicyclic) bond motifs is 1. The van der Waals surface area contributed by atoms with Crippen LogP contribution in [0.5, 0.6) is 5.75 Å².